The number of sulfone groups is 1. The monoisotopic (exact) mass is 344 g/mol. The molecule has 0 N–H and O–H groups in total. The predicted octanol–water partition coefficient (Wildman–Crippen LogP) is 3.57. The van der Waals surface area contributed by atoms with Gasteiger partial charge in [-0.2, -0.15) is 0 Å². The van der Waals surface area contributed by atoms with Gasteiger partial charge < -0.3 is 0 Å². The largest absolute Gasteiger partial charge is 0.245 e. The van der Waals surface area contributed by atoms with E-state index in [1.165, 1.54) is 22.7 Å². The van der Waals surface area contributed by atoms with Crippen molar-refractivity contribution in [3.63, 3.8) is 0 Å². The molecule has 0 aliphatic heterocycles. The minimum Gasteiger partial charge on any atom is -0.245 e. The quantitative estimate of drug-likeness (QED) is 0.832. The summed E-state index contributed by atoms with van der Waals surface area (Å²) in [5.41, 5.74) is 1.23. The van der Waals surface area contributed by atoms with Gasteiger partial charge in [-0.05, 0) is 6.42 Å². The van der Waals surface area contributed by atoms with Gasteiger partial charge in [-0.3, -0.25) is 0 Å². The molecule has 0 unspecified atom stereocenters. The molecule has 2 aromatic heterocycles. The molecular formula is C14H20N2O2S3. The lowest BCUT2D eigenvalue weighted by Gasteiger charge is -2.13. The molecule has 0 saturated heterocycles. The van der Waals surface area contributed by atoms with Crippen LogP contribution in [0.3, 0.4) is 0 Å². The molecule has 4 nitrogen and oxygen atoms in total. The minimum atomic E-state index is -3.23. The van der Waals surface area contributed by atoms with Gasteiger partial charge in [0.1, 0.15) is 0 Å². The van der Waals surface area contributed by atoms with Gasteiger partial charge in [-0.1, -0.05) is 27.7 Å². The van der Waals surface area contributed by atoms with E-state index in [1.807, 2.05) is 17.7 Å². The summed E-state index contributed by atoms with van der Waals surface area (Å²) in [6, 6.07) is 0. The predicted molar refractivity (Wildman–Crippen MR) is 88.6 cm³/mol. The molecule has 0 amide bonds. The van der Waals surface area contributed by atoms with Crippen molar-refractivity contribution >= 4 is 32.5 Å². The third-order valence-corrected chi connectivity index (χ3v) is 6.66. The summed E-state index contributed by atoms with van der Waals surface area (Å²) >= 11 is 3.04. The van der Waals surface area contributed by atoms with Gasteiger partial charge in [0.25, 0.3) is 0 Å². The zero-order chi connectivity index (χ0) is 15.7. The van der Waals surface area contributed by atoms with E-state index in [-0.39, 0.29) is 16.9 Å². The highest BCUT2D eigenvalue weighted by atomic mass is 32.2. The minimum absolute atomic E-state index is 0.00806. The molecule has 7 heteroatoms. The zero-order valence-corrected chi connectivity index (χ0v) is 15.2. The van der Waals surface area contributed by atoms with E-state index in [2.05, 4.69) is 30.7 Å². The van der Waals surface area contributed by atoms with Crippen molar-refractivity contribution in [3.05, 3.63) is 32.2 Å². The van der Waals surface area contributed by atoms with E-state index < -0.39 is 9.84 Å². The van der Waals surface area contributed by atoms with Crippen LogP contribution in [0.15, 0.2) is 10.8 Å². The van der Waals surface area contributed by atoms with E-state index in [4.69, 9.17) is 0 Å². The third-order valence-electron chi connectivity index (χ3n) is 2.83. The Morgan fingerprint density at radius 2 is 1.62 bits per heavy atom. The number of aromatic nitrogens is 2. The smallest absolute Gasteiger partial charge is 0.161 e. The molecule has 0 spiro atoms. The maximum atomic E-state index is 12.3. The molecule has 2 aromatic rings. The van der Waals surface area contributed by atoms with Crippen LogP contribution in [0.5, 0.6) is 0 Å². The Morgan fingerprint density at radius 3 is 2.10 bits per heavy atom. The fourth-order valence-corrected chi connectivity index (χ4v) is 4.96. The van der Waals surface area contributed by atoms with Gasteiger partial charge >= 0.3 is 0 Å². The van der Waals surface area contributed by atoms with Gasteiger partial charge in [0, 0.05) is 16.2 Å². The Balaban J connectivity index is 2.08. The van der Waals surface area contributed by atoms with Crippen molar-refractivity contribution in [2.75, 3.05) is 0 Å². The van der Waals surface area contributed by atoms with Gasteiger partial charge in [0.15, 0.2) is 9.84 Å². The first kappa shape index (κ1) is 16.6. The highest BCUT2D eigenvalue weighted by Crippen LogP contribution is 2.26. The Bertz CT molecular complexity index is 709. The van der Waals surface area contributed by atoms with Crippen LogP contribution in [0, 0.1) is 0 Å². The van der Waals surface area contributed by atoms with Crippen molar-refractivity contribution in [2.24, 2.45) is 0 Å². The number of nitrogens with zero attached hydrogens (tertiary/aromatic N) is 2. The molecule has 0 radical (unpaired) electrons. The average Bonchev–Trinajstić information content (AvgIpc) is 2.96. The topological polar surface area (TPSA) is 59.9 Å². The molecule has 0 saturated carbocycles. The lowest BCUT2D eigenvalue weighted by molar-refractivity contribution is 0.580. The van der Waals surface area contributed by atoms with Gasteiger partial charge in [0.2, 0.25) is 0 Å². The third kappa shape index (κ3) is 4.59. The van der Waals surface area contributed by atoms with Crippen LogP contribution in [-0.4, -0.2) is 18.4 Å². The second-order valence-corrected chi connectivity index (χ2v) is 9.88. The van der Waals surface area contributed by atoms with Crippen LogP contribution < -0.4 is 0 Å². The van der Waals surface area contributed by atoms with E-state index in [1.54, 1.807) is 0 Å². The molecule has 0 aliphatic carbocycles. The Kier molecular flexibility index (Phi) is 4.85. The first-order valence-corrected chi connectivity index (χ1v) is 10.4. The van der Waals surface area contributed by atoms with E-state index in [9.17, 15) is 8.42 Å². The molecule has 116 valence electrons. The summed E-state index contributed by atoms with van der Waals surface area (Å²) < 4.78 is 24.5. The van der Waals surface area contributed by atoms with Crippen LogP contribution in [0.1, 0.15) is 49.1 Å². The molecule has 0 aliphatic rings. The van der Waals surface area contributed by atoms with Crippen molar-refractivity contribution in [1.29, 1.82) is 0 Å². The molecule has 0 bridgehead atoms. The molecular weight excluding hydrogens is 324 g/mol. The van der Waals surface area contributed by atoms with E-state index >= 15 is 0 Å². The SMILES string of the molecule is CCc1nc(CS(=O)(=O)Cc2csc(C(C)(C)C)n2)cs1. The van der Waals surface area contributed by atoms with Gasteiger partial charge in [-0.25, -0.2) is 18.4 Å². The average molecular weight is 345 g/mol. The first-order chi connectivity index (χ1) is 9.69. The maximum Gasteiger partial charge on any atom is 0.161 e. The number of aryl methyl sites for hydroxylation is 1. The van der Waals surface area contributed by atoms with Crippen molar-refractivity contribution in [3.8, 4) is 0 Å². The summed E-state index contributed by atoms with van der Waals surface area (Å²) in [7, 11) is -3.23. The Labute approximate surface area is 134 Å². The normalized spacial score (nSPS) is 12.8. The number of hydrogen-bond acceptors (Lipinski definition) is 6. The van der Waals surface area contributed by atoms with Crippen LogP contribution >= 0.6 is 22.7 Å². The van der Waals surface area contributed by atoms with E-state index in [0.717, 1.165) is 16.4 Å². The van der Waals surface area contributed by atoms with Gasteiger partial charge in [0.05, 0.1) is 32.9 Å². The molecule has 0 atom stereocenters. The molecule has 2 heterocycles. The summed E-state index contributed by atoms with van der Waals surface area (Å²) in [6.07, 6.45) is 0.839. The molecule has 21 heavy (non-hydrogen) atoms. The summed E-state index contributed by atoms with van der Waals surface area (Å²) in [5, 5.41) is 5.62. The second-order valence-electron chi connectivity index (χ2n) is 6.01. The number of hydrogen-bond donors (Lipinski definition) is 0. The standard InChI is InChI=1S/C14H20N2O2S3/c1-5-12-15-10(6-19-12)8-21(17,18)9-11-7-20-13(16-11)14(2,3)4/h6-7H,5,8-9H2,1-4H3. The molecule has 2 rings (SSSR count). The van der Waals surface area contributed by atoms with Crippen LogP contribution in [-0.2, 0) is 33.2 Å². The first-order valence-electron chi connectivity index (χ1n) is 6.78. The maximum absolute atomic E-state index is 12.3. The Morgan fingerprint density at radius 1 is 1.05 bits per heavy atom. The lowest BCUT2D eigenvalue weighted by atomic mass is 9.98. The molecule has 0 fully saturated rings. The lowest BCUT2D eigenvalue weighted by Crippen LogP contribution is -2.12. The number of thiazole rings is 2. The second kappa shape index (κ2) is 6.14. The van der Waals surface area contributed by atoms with Crippen molar-refractivity contribution < 1.29 is 8.42 Å². The van der Waals surface area contributed by atoms with Gasteiger partial charge in [-0.15, -0.1) is 22.7 Å². The van der Waals surface area contributed by atoms with E-state index in [0.29, 0.717) is 11.4 Å². The molecule has 0 aromatic carbocycles. The fourth-order valence-electron chi connectivity index (χ4n) is 1.80. The summed E-state index contributed by atoms with van der Waals surface area (Å²) in [4.78, 5) is 8.77. The van der Waals surface area contributed by atoms with Crippen LogP contribution in [0.4, 0.5) is 0 Å². The van der Waals surface area contributed by atoms with Crippen LogP contribution in [0.25, 0.3) is 0 Å². The van der Waals surface area contributed by atoms with Crippen LogP contribution in [0.2, 0.25) is 0 Å². The highest BCUT2D eigenvalue weighted by molar-refractivity contribution is 7.89. The highest BCUT2D eigenvalue weighted by Gasteiger charge is 2.21. The Hall–Kier alpha value is -0.790. The fraction of sp³-hybridized carbons (Fsp3) is 0.571. The summed E-state index contributed by atoms with van der Waals surface area (Å²) in [6.45, 7) is 8.24. The van der Waals surface area contributed by atoms with Crippen molar-refractivity contribution in [2.45, 2.75) is 51.0 Å². The van der Waals surface area contributed by atoms with Crippen molar-refractivity contribution in [1.82, 2.24) is 9.97 Å². The summed E-state index contributed by atoms with van der Waals surface area (Å²) in [5.74, 6) is -0.0234. The zero-order valence-electron chi connectivity index (χ0n) is 12.7. The number of rotatable bonds is 5.